The fourth-order valence-corrected chi connectivity index (χ4v) is 4.67. The fraction of sp³-hybridized carbons (Fsp3) is 0.269. The van der Waals surface area contributed by atoms with Crippen LogP contribution in [-0.2, 0) is 20.7 Å². The molecule has 2 aliphatic rings. The molecule has 8 heteroatoms. The molecule has 1 N–H and O–H groups in total. The van der Waals surface area contributed by atoms with Crippen LogP contribution >= 0.6 is 11.8 Å². The topological polar surface area (TPSA) is 80.2 Å². The van der Waals surface area contributed by atoms with E-state index in [2.05, 4.69) is 17.2 Å². The van der Waals surface area contributed by atoms with E-state index in [1.807, 2.05) is 65.9 Å². The Labute approximate surface area is 203 Å². The average molecular weight is 478 g/mol. The number of carbonyl (C=O) groups excluding carboxylic acids is 2. The zero-order valence-corrected chi connectivity index (χ0v) is 20.2. The monoisotopic (exact) mass is 477 g/mol. The molecule has 2 heterocycles. The van der Waals surface area contributed by atoms with Gasteiger partial charge in [-0.05, 0) is 49.4 Å². The zero-order valence-electron chi connectivity index (χ0n) is 19.4. The summed E-state index contributed by atoms with van der Waals surface area (Å²) in [6, 6.07) is 14.7. The number of ether oxygens (including phenoxy) is 2. The van der Waals surface area contributed by atoms with Crippen LogP contribution in [0.3, 0.4) is 0 Å². The van der Waals surface area contributed by atoms with E-state index in [0.717, 1.165) is 22.8 Å². The first kappa shape index (κ1) is 23.6. The Kier molecular flexibility index (Phi) is 7.37. The predicted octanol–water partition coefficient (Wildman–Crippen LogP) is 5.03. The zero-order chi connectivity index (χ0) is 24.1. The van der Waals surface area contributed by atoms with Gasteiger partial charge in [0, 0.05) is 17.5 Å². The van der Waals surface area contributed by atoms with Crippen LogP contribution in [0.5, 0.6) is 5.75 Å². The lowest BCUT2D eigenvalue weighted by Gasteiger charge is -2.34. The summed E-state index contributed by atoms with van der Waals surface area (Å²) in [6.45, 7) is 5.77. The molecule has 4 rings (SSSR count). The molecule has 1 amide bonds. The Morgan fingerprint density at radius 3 is 2.62 bits per heavy atom. The van der Waals surface area contributed by atoms with Gasteiger partial charge in [0.05, 0.1) is 23.9 Å². The van der Waals surface area contributed by atoms with Crippen LogP contribution in [-0.4, -0.2) is 35.2 Å². The van der Waals surface area contributed by atoms with Crippen molar-refractivity contribution in [2.24, 2.45) is 4.99 Å². The number of esters is 1. The van der Waals surface area contributed by atoms with Crippen molar-refractivity contribution in [3.63, 3.8) is 0 Å². The van der Waals surface area contributed by atoms with Gasteiger partial charge in [0.2, 0.25) is 0 Å². The number of thioether (sulfide) groups is 1. The van der Waals surface area contributed by atoms with Gasteiger partial charge in [0.25, 0.3) is 5.91 Å². The Morgan fingerprint density at radius 1 is 1.12 bits per heavy atom. The predicted molar refractivity (Wildman–Crippen MR) is 134 cm³/mol. The standard InChI is InChI=1S/C26H27N3O4S/c1-4-18-10-12-19(13-11-18)28-22(30)16-33-21-9-7-6-8-20(21)24-23(25(31)32-5-2)17(3)27-26-29(24)14-15-34-26/h6-15,24H,4-5,16H2,1-3H3,(H,28,30). The summed E-state index contributed by atoms with van der Waals surface area (Å²) < 4.78 is 11.3. The molecule has 0 saturated carbocycles. The number of anilines is 1. The number of aliphatic imine (C=N–C) groups is 1. The van der Waals surface area contributed by atoms with Crippen molar-refractivity contribution in [2.45, 2.75) is 33.2 Å². The molecule has 176 valence electrons. The number of hydrogen-bond donors (Lipinski definition) is 1. The number of nitrogens with zero attached hydrogens (tertiary/aromatic N) is 2. The van der Waals surface area contributed by atoms with Gasteiger partial charge in [-0.15, -0.1) is 0 Å². The SMILES string of the molecule is CCOC(=O)C1=C(C)N=C2SC=CN2C1c1ccccc1OCC(=O)Nc1ccc(CC)cc1. The molecule has 0 radical (unpaired) electrons. The quantitative estimate of drug-likeness (QED) is 0.537. The first-order valence-corrected chi connectivity index (χ1v) is 12.1. The number of rotatable bonds is 8. The minimum atomic E-state index is -0.473. The van der Waals surface area contributed by atoms with E-state index in [1.165, 1.54) is 17.3 Å². The Balaban J connectivity index is 1.56. The van der Waals surface area contributed by atoms with Crippen LogP contribution < -0.4 is 10.1 Å². The van der Waals surface area contributed by atoms with Crippen molar-refractivity contribution in [1.82, 2.24) is 4.90 Å². The molecule has 0 spiro atoms. The third-order valence-electron chi connectivity index (χ3n) is 5.53. The molecule has 7 nitrogen and oxygen atoms in total. The molecular weight excluding hydrogens is 450 g/mol. The van der Waals surface area contributed by atoms with Crippen LogP contribution in [0.25, 0.3) is 0 Å². The lowest BCUT2D eigenvalue weighted by molar-refractivity contribution is -0.139. The van der Waals surface area contributed by atoms with Gasteiger partial charge in [-0.1, -0.05) is 49.0 Å². The van der Waals surface area contributed by atoms with Crippen molar-refractivity contribution >= 4 is 34.5 Å². The molecule has 0 bridgehead atoms. The van der Waals surface area contributed by atoms with Gasteiger partial charge in [-0.25, -0.2) is 9.79 Å². The second-order valence-corrected chi connectivity index (χ2v) is 8.62. The maximum atomic E-state index is 12.9. The highest BCUT2D eigenvalue weighted by Gasteiger charge is 2.38. The Bertz CT molecular complexity index is 1170. The number of fused-ring (bicyclic) bond motifs is 1. The summed E-state index contributed by atoms with van der Waals surface area (Å²) in [7, 11) is 0. The number of amides is 1. The summed E-state index contributed by atoms with van der Waals surface area (Å²) in [5.41, 5.74) is 3.73. The summed E-state index contributed by atoms with van der Waals surface area (Å²) in [6.07, 6.45) is 2.83. The third-order valence-corrected chi connectivity index (χ3v) is 6.30. The van der Waals surface area contributed by atoms with Gasteiger partial charge in [-0.2, -0.15) is 0 Å². The number of amidine groups is 1. The Morgan fingerprint density at radius 2 is 1.88 bits per heavy atom. The number of carbonyl (C=O) groups is 2. The molecule has 0 fully saturated rings. The van der Waals surface area contributed by atoms with Gasteiger partial charge in [-0.3, -0.25) is 4.79 Å². The van der Waals surface area contributed by atoms with Crippen LogP contribution in [0.15, 0.2) is 76.4 Å². The third kappa shape index (κ3) is 5.02. The molecule has 2 aromatic rings. The number of hydrogen-bond acceptors (Lipinski definition) is 7. The van der Waals surface area contributed by atoms with Crippen molar-refractivity contribution in [1.29, 1.82) is 0 Å². The lowest BCUT2D eigenvalue weighted by Crippen LogP contribution is -2.34. The summed E-state index contributed by atoms with van der Waals surface area (Å²) in [5.74, 6) is -0.162. The minimum absolute atomic E-state index is 0.164. The number of nitrogens with one attached hydrogen (secondary N) is 1. The fourth-order valence-electron chi connectivity index (χ4n) is 3.88. The van der Waals surface area contributed by atoms with Gasteiger partial charge in [0.1, 0.15) is 5.75 Å². The van der Waals surface area contributed by atoms with Crippen LogP contribution in [0.1, 0.15) is 37.9 Å². The summed E-state index contributed by atoms with van der Waals surface area (Å²) in [5, 5.41) is 5.56. The van der Waals surface area contributed by atoms with Crippen LogP contribution in [0, 0.1) is 0 Å². The van der Waals surface area contributed by atoms with Crippen molar-refractivity contribution in [3.8, 4) is 5.75 Å². The van der Waals surface area contributed by atoms with E-state index < -0.39 is 12.0 Å². The second-order valence-electron chi connectivity index (χ2n) is 7.75. The molecule has 0 saturated heterocycles. The first-order valence-electron chi connectivity index (χ1n) is 11.2. The average Bonchev–Trinajstić information content (AvgIpc) is 3.31. The number of benzene rings is 2. The highest BCUT2D eigenvalue weighted by molar-refractivity contribution is 8.16. The highest BCUT2D eigenvalue weighted by Crippen LogP contribution is 2.43. The molecule has 1 atom stereocenters. The van der Waals surface area contributed by atoms with Crippen molar-refractivity contribution < 1.29 is 19.1 Å². The maximum Gasteiger partial charge on any atom is 0.338 e. The molecule has 2 aliphatic heterocycles. The van der Waals surface area contributed by atoms with E-state index in [9.17, 15) is 9.59 Å². The van der Waals surface area contributed by atoms with Gasteiger partial charge in [0.15, 0.2) is 11.8 Å². The molecule has 0 aliphatic carbocycles. The molecule has 2 aromatic carbocycles. The smallest absolute Gasteiger partial charge is 0.338 e. The van der Waals surface area contributed by atoms with Crippen LogP contribution in [0.4, 0.5) is 5.69 Å². The number of allylic oxidation sites excluding steroid dienone is 1. The van der Waals surface area contributed by atoms with Gasteiger partial charge < -0.3 is 19.7 Å². The largest absolute Gasteiger partial charge is 0.483 e. The van der Waals surface area contributed by atoms with E-state index in [4.69, 9.17) is 9.47 Å². The van der Waals surface area contributed by atoms with E-state index in [1.54, 1.807) is 13.0 Å². The Hall–Kier alpha value is -3.52. The highest BCUT2D eigenvalue weighted by atomic mass is 32.2. The molecule has 34 heavy (non-hydrogen) atoms. The normalized spacial score (nSPS) is 16.7. The van der Waals surface area contributed by atoms with E-state index >= 15 is 0 Å². The number of aryl methyl sites for hydroxylation is 1. The second kappa shape index (κ2) is 10.6. The van der Waals surface area contributed by atoms with Gasteiger partial charge >= 0.3 is 5.97 Å². The van der Waals surface area contributed by atoms with Crippen molar-refractivity contribution in [2.75, 3.05) is 18.5 Å². The van der Waals surface area contributed by atoms with E-state index in [0.29, 0.717) is 17.0 Å². The van der Waals surface area contributed by atoms with E-state index in [-0.39, 0.29) is 19.1 Å². The first-order chi connectivity index (χ1) is 16.5. The number of para-hydroxylation sites is 1. The van der Waals surface area contributed by atoms with Crippen molar-refractivity contribution in [3.05, 3.63) is 82.5 Å². The summed E-state index contributed by atoms with van der Waals surface area (Å²) >= 11 is 1.49. The van der Waals surface area contributed by atoms with Crippen LogP contribution in [0.2, 0.25) is 0 Å². The minimum Gasteiger partial charge on any atom is -0.483 e. The molecular formula is C26H27N3O4S. The summed E-state index contributed by atoms with van der Waals surface area (Å²) in [4.78, 5) is 32.0. The molecule has 0 aromatic heterocycles. The lowest BCUT2D eigenvalue weighted by atomic mass is 9.94. The maximum absolute atomic E-state index is 12.9. The molecule has 1 unspecified atom stereocenters.